The Balaban J connectivity index is 1.63. The third kappa shape index (κ3) is 9.57. The van der Waals surface area contributed by atoms with Crippen LogP contribution in [0.5, 0.6) is 0 Å². The second kappa shape index (κ2) is 16.3. The van der Waals surface area contributed by atoms with Gasteiger partial charge in [-0.3, -0.25) is 13.9 Å². The van der Waals surface area contributed by atoms with Crippen LogP contribution in [0.3, 0.4) is 0 Å². The van der Waals surface area contributed by atoms with E-state index in [0.29, 0.717) is 21.0 Å². The molecule has 0 saturated heterocycles. The molecule has 1 aliphatic carbocycles. The highest BCUT2D eigenvalue weighted by Gasteiger charge is 2.38. The van der Waals surface area contributed by atoms with Crippen LogP contribution in [0.2, 0.25) is 15.1 Å². The molecule has 0 heterocycles. The van der Waals surface area contributed by atoms with Crippen LogP contribution in [0, 0.1) is 6.92 Å². The topological polar surface area (TPSA) is 86.8 Å². The first-order chi connectivity index (χ1) is 24.1. The van der Waals surface area contributed by atoms with E-state index < -0.39 is 56.9 Å². The summed E-state index contributed by atoms with van der Waals surface area (Å²) in [6.07, 6.45) is -1.47. The molecule has 0 aliphatic heterocycles. The smallest absolute Gasteiger partial charge is 0.352 e. The summed E-state index contributed by atoms with van der Waals surface area (Å²) in [5.74, 6) is -1.31. The van der Waals surface area contributed by atoms with Gasteiger partial charge in [0, 0.05) is 29.1 Å². The summed E-state index contributed by atoms with van der Waals surface area (Å²) in [4.78, 5) is 29.8. The van der Waals surface area contributed by atoms with Gasteiger partial charge in [0.05, 0.1) is 21.2 Å². The molecule has 270 valence electrons. The Morgan fingerprint density at radius 1 is 0.882 bits per heavy atom. The van der Waals surface area contributed by atoms with E-state index in [1.54, 1.807) is 43.3 Å². The number of alkyl halides is 3. The Labute approximate surface area is 310 Å². The van der Waals surface area contributed by atoms with E-state index in [9.17, 15) is 31.2 Å². The summed E-state index contributed by atoms with van der Waals surface area (Å²) in [5, 5.41) is 2.95. The molecule has 0 radical (unpaired) electrons. The molecule has 0 bridgehead atoms. The predicted octanol–water partition coefficient (Wildman–Crippen LogP) is 8.87. The average molecular weight is 781 g/mol. The molecule has 1 saturated carbocycles. The first-order valence-electron chi connectivity index (χ1n) is 16.2. The van der Waals surface area contributed by atoms with Crippen molar-refractivity contribution in [3.63, 3.8) is 0 Å². The first-order valence-corrected chi connectivity index (χ1v) is 18.7. The van der Waals surface area contributed by atoms with Crippen LogP contribution in [0.15, 0.2) is 95.9 Å². The molecule has 1 aliphatic rings. The highest BCUT2D eigenvalue weighted by Crippen LogP contribution is 2.38. The van der Waals surface area contributed by atoms with Crippen molar-refractivity contribution in [2.24, 2.45) is 0 Å². The lowest BCUT2D eigenvalue weighted by Gasteiger charge is -2.34. The molecule has 0 aromatic heterocycles. The Hall–Kier alpha value is -3.77. The van der Waals surface area contributed by atoms with Crippen molar-refractivity contribution in [2.45, 2.75) is 68.7 Å². The van der Waals surface area contributed by atoms with Crippen molar-refractivity contribution in [1.29, 1.82) is 0 Å². The lowest BCUT2D eigenvalue weighted by Crippen LogP contribution is -2.54. The average Bonchev–Trinajstić information content (AvgIpc) is 3.59. The molecule has 1 fully saturated rings. The highest BCUT2D eigenvalue weighted by atomic mass is 35.5. The maximum atomic E-state index is 14.7. The minimum Gasteiger partial charge on any atom is -0.352 e. The van der Waals surface area contributed by atoms with Crippen molar-refractivity contribution in [2.75, 3.05) is 10.8 Å². The largest absolute Gasteiger partial charge is 0.417 e. The van der Waals surface area contributed by atoms with Gasteiger partial charge >= 0.3 is 6.18 Å². The van der Waals surface area contributed by atoms with Crippen molar-refractivity contribution in [1.82, 2.24) is 10.2 Å². The number of nitrogens with zero attached hydrogens (tertiary/aromatic N) is 2. The molecule has 1 N–H and O–H groups in total. The minimum atomic E-state index is -4.92. The van der Waals surface area contributed by atoms with Crippen LogP contribution in [0.25, 0.3) is 0 Å². The molecule has 4 aromatic rings. The van der Waals surface area contributed by atoms with Gasteiger partial charge in [-0.15, -0.1) is 0 Å². The quantitative estimate of drug-likeness (QED) is 0.156. The Bertz CT molecular complexity index is 1970. The van der Waals surface area contributed by atoms with Gasteiger partial charge in [0.25, 0.3) is 10.0 Å². The van der Waals surface area contributed by atoms with E-state index in [-0.39, 0.29) is 28.9 Å². The number of carbonyl (C=O) groups is 2. The van der Waals surface area contributed by atoms with Crippen LogP contribution in [0.4, 0.5) is 18.9 Å². The van der Waals surface area contributed by atoms with Gasteiger partial charge in [-0.1, -0.05) is 102 Å². The van der Waals surface area contributed by atoms with E-state index in [0.717, 1.165) is 48.9 Å². The van der Waals surface area contributed by atoms with Crippen LogP contribution in [0.1, 0.15) is 47.9 Å². The number of halogens is 6. The van der Waals surface area contributed by atoms with E-state index in [4.69, 9.17) is 34.8 Å². The first kappa shape index (κ1) is 38.5. The number of anilines is 1. The summed E-state index contributed by atoms with van der Waals surface area (Å²) < 4.78 is 71.2. The fourth-order valence-electron chi connectivity index (χ4n) is 6.01. The summed E-state index contributed by atoms with van der Waals surface area (Å²) >= 11 is 18.6. The fraction of sp³-hybridized carbons (Fsp3) is 0.297. The highest BCUT2D eigenvalue weighted by molar-refractivity contribution is 7.92. The van der Waals surface area contributed by atoms with Crippen LogP contribution < -0.4 is 9.62 Å². The summed E-state index contributed by atoms with van der Waals surface area (Å²) in [6.45, 7) is 0.551. The number of sulfonamides is 1. The number of benzene rings is 4. The minimum absolute atomic E-state index is 0.0558. The van der Waals surface area contributed by atoms with Gasteiger partial charge in [-0.2, -0.15) is 13.2 Å². The molecule has 1 atom stereocenters. The third-order valence-corrected chi connectivity index (χ3v) is 11.5. The molecular weight excluding hydrogens is 746 g/mol. The maximum Gasteiger partial charge on any atom is 0.417 e. The molecule has 51 heavy (non-hydrogen) atoms. The molecule has 7 nitrogen and oxygen atoms in total. The number of hydrogen-bond donors (Lipinski definition) is 1. The zero-order chi connectivity index (χ0) is 36.9. The molecule has 14 heteroatoms. The van der Waals surface area contributed by atoms with Gasteiger partial charge < -0.3 is 10.2 Å². The third-order valence-electron chi connectivity index (χ3n) is 8.76. The van der Waals surface area contributed by atoms with Gasteiger partial charge in [-0.25, -0.2) is 8.42 Å². The van der Waals surface area contributed by atoms with Crippen LogP contribution in [-0.2, 0) is 38.8 Å². The lowest BCUT2D eigenvalue weighted by molar-refractivity contribution is -0.140. The molecule has 2 amide bonds. The Morgan fingerprint density at radius 3 is 2.18 bits per heavy atom. The van der Waals surface area contributed by atoms with Crippen molar-refractivity contribution >= 4 is 62.3 Å². The Kier molecular flexibility index (Phi) is 12.3. The second-order valence-electron chi connectivity index (χ2n) is 12.4. The number of hydrogen-bond acceptors (Lipinski definition) is 4. The second-order valence-corrected chi connectivity index (χ2v) is 15.6. The van der Waals surface area contributed by atoms with E-state index in [2.05, 4.69) is 5.32 Å². The van der Waals surface area contributed by atoms with Gasteiger partial charge in [-0.05, 0) is 73.4 Å². The standard InChI is InChI=1S/C37H35Cl3F3N3O4S/c1-24-11-16-30(17-12-24)51(49,50)46(29-15-18-32(39)31(21-29)37(41,42)43)23-35(47)45(22-26-13-14-27(38)20-33(26)40)34(19-25-7-3-2-4-8-25)36(48)44-28-9-5-6-10-28/h2-4,7-8,11-18,20-21,28,34H,5-6,9-10,19,22-23H2,1H3,(H,44,48)/t34-/m0/s1. The van der Waals surface area contributed by atoms with Gasteiger partial charge in [0.15, 0.2) is 0 Å². The number of rotatable bonds is 12. The van der Waals surface area contributed by atoms with Crippen molar-refractivity contribution < 1.29 is 31.2 Å². The molecule has 0 spiro atoms. The molecular formula is C37H35Cl3F3N3O4S. The van der Waals surface area contributed by atoms with E-state index in [1.165, 1.54) is 35.2 Å². The number of carbonyl (C=O) groups excluding carboxylic acids is 2. The van der Waals surface area contributed by atoms with Gasteiger partial charge in [0.1, 0.15) is 12.6 Å². The van der Waals surface area contributed by atoms with Gasteiger partial charge in [0.2, 0.25) is 11.8 Å². The SMILES string of the molecule is Cc1ccc(S(=O)(=O)N(CC(=O)N(Cc2ccc(Cl)cc2Cl)[C@@H](Cc2ccccc2)C(=O)NC2CCCC2)c2ccc(Cl)c(C(F)(F)F)c2)cc1. The number of aryl methyl sites for hydroxylation is 1. The molecule has 0 unspecified atom stereocenters. The Morgan fingerprint density at radius 2 is 1.55 bits per heavy atom. The molecule has 4 aromatic carbocycles. The van der Waals surface area contributed by atoms with Crippen molar-refractivity contribution in [3.05, 3.63) is 128 Å². The number of amides is 2. The summed E-state index contributed by atoms with van der Waals surface area (Å²) in [5.41, 5.74) is 0.159. The van der Waals surface area contributed by atoms with E-state index in [1.807, 2.05) is 6.07 Å². The maximum absolute atomic E-state index is 14.7. The monoisotopic (exact) mass is 779 g/mol. The predicted molar refractivity (Wildman–Crippen MR) is 194 cm³/mol. The summed E-state index contributed by atoms with van der Waals surface area (Å²) in [6, 6.07) is 20.7. The van der Waals surface area contributed by atoms with Crippen LogP contribution in [-0.4, -0.2) is 43.8 Å². The normalized spacial score (nSPS) is 14.3. The zero-order valence-corrected chi connectivity index (χ0v) is 30.6. The number of nitrogens with one attached hydrogen (secondary N) is 1. The lowest BCUT2D eigenvalue weighted by atomic mass is 10.0. The fourth-order valence-corrected chi connectivity index (χ4v) is 8.11. The van der Waals surface area contributed by atoms with E-state index >= 15 is 0 Å². The summed E-state index contributed by atoms with van der Waals surface area (Å²) in [7, 11) is -4.65. The van der Waals surface area contributed by atoms with Crippen LogP contribution >= 0.6 is 34.8 Å². The van der Waals surface area contributed by atoms with Crippen molar-refractivity contribution in [3.8, 4) is 0 Å². The molecule has 5 rings (SSSR count). The zero-order valence-electron chi connectivity index (χ0n) is 27.5.